The predicted octanol–water partition coefficient (Wildman–Crippen LogP) is 1.17. The molecule has 0 aliphatic carbocycles. The van der Waals surface area contributed by atoms with Crippen LogP contribution in [0.15, 0.2) is 30.3 Å². The van der Waals surface area contributed by atoms with Crippen LogP contribution in [0.25, 0.3) is 0 Å². The van der Waals surface area contributed by atoms with Crippen molar-refractivity contribution in [1.29, 1.82) is 0 Å². The number of piperazine rings is 1. The first-order chi connectivity index (χ1) is 8.66. The normalized spacial score (nSPS) is 16.8. The van der Waals surface area contributed by atoms with Crippen molar-refractivity contribution in [3.63, 3.8) is 0 Å². The molecule has 1 saturated heterocycles. The average Bonchev–Trinajstić information content (AvgIpc) is 2.40. The summed E-state index contributed by atoms with van der Waals surface area (Å²) in [4.78, 5) is 16.3. The van der Waals surface area contributed by atoms with Crippen molar-refractivity contribution in [2.24, 2.45) is 5.73 Å². The lowest BCUT2D eigenvalue weighted by molar-refractivity contribution is -0.134. The van der Waals surface area contributed by atoms with Crippen molar-refractivity contribution in [3.05, 3.63) is 35.9 Å². The van der Waals surface area contributed by atoms with E-state index < -0.39 is 6.04 Å². The zero-order chi connectivity index (χ0) is 13.0. The molecule has 0 aromatic heterocycles. The summed E-state index contributed by atoms with van der Waals surface area (Å²) in [7, 11) is 2.08. The summed E-state index contributed by atoms with van der Waals surface area (Å²) < 4.78 is 0. The molecule has 2 rings (SSSR count). The number of nitrogens with two attached hydrogens (primary N) is 1. The van der Waals surface area contributed by atoms with E-state index in [4.69, 9.17) is 5.73 Å². The molecule has 1 aromatic carbocycles. The largest absolute Gasteiger partial charge is 0.339 e. The topological polar surface area (TPSA) is 49.6 Å². The first-order valence-corrected chi connectivity index (χ1v) is 6.43. The SMILES string of the molecule is CN1CCN(C(=O)[C@@H](N)Cc2ccccc2)CC1.Cl.Cl. The van der Waals surface area contributed by atoms with E-state index in [0.717, 1.165) is 31.7 Å². The van der Waals surface area contributed by atoms with Gasteiger partial charge in [-0.2, -0.15) is 0 Å². The molecule has 0 saturated carbocycles. The monoisotopic (exact) mass is 319 g/mol. The number of rotatable bonds is 3. The van der Waals surface area contributed by atoms with Gasteiger partial charge in [-0.1, -0.05) is 30.3 Å². The van der Waals surface area contributed by atoms with Crippen molar-refractivity contribution in [2.45, 2.75) is 12.5 Å². The van der Waals surface area contributed by atoms with Crippen molar-refractivity contribution in [1.82, 2.24) is 9.80 Å². The zero-order valence-electron chi connectivity index (χ0n) is 11.7. The molecule has 20 heavy (non-hydrogen) atoms. The summed E-state index contributed by atoms with van der Waals surface area (Å²) in [6.45, 7) is 3.45. The molecule has 1 aliphatic heterocycles. The molecule has 1 aliphatic rings. The quantitative estimate of drug-likeness (QED) is 0.910. The number of hydrogen-bond donors (Lipinski definition) is 1. The molecule has 6 heteroatoms. The fraction of sp³-hybridized carbons (Fsp3) is 0.500. The molecule has 2 N–H and O–H groups in total. The molecule has 0 radical (unpaired) electrons. The third-order valence-electron chi connectivity index (χ3n) is 3.43. The van der Waals surface area contributed by atoms with E-state index in [1.54, 1.807) is 0 Å². The maximum Gasteiger partial charge on any atom is 0.239 e. The Bertz CT molecular complexity index is 395. The van der Waals surface area contributed by atoms with Crippen LogP contribution < -0.4 is 5.73 Å². The molecule has 4 nitrogen and oxygen atoms in total. The van der Waals surface area contributed by atoms with Gasteiger partial charge in [0.25, 0.3) is 0 Å². The molecular weight excluding hydrogens is 297 g/mol. The summed E-state index contributed by atoms with van der Waals surface area (Å²) in [5, 5.41) is 0. The number of carbonyl (C=O) groups is 1. The summed E-state index contributed by atoms with van der Waals surface area (Å²) in [5.41, 5.74) is 7.13. The molecule has 1 fully saturated rings. The summed E-state index contributed by atoms with van der Waals surface area (Å²) >= 11 is 0. The molecule has 114 valence electrons. The smallest absolute Gasteiger partial charge is 0.239 e. The van der Waals surface area contributed by atoms with E-state index in [1.165, 1.54) is 0 Å². The van der Waals surface area contributed by atoms with E-state index in [-0.39, 0.29) is 30.7 Å². The lowest BCUT2D eigenvalue weighted by atomic mass is 10.1. The number of amides is 1. The van der Waals surface area contributed by atoms with E-state index >= 15 is 0 Å². The predicted molar refractivity (Wildman–Crippen MR) is 86.7 cm³/mol. The van der Waals surface area contributed by atoms with Crippen molar-refractivity contribution < 1.29 is 4.79 Å². The Labute approximate surface area is 133 Å². The van der Waals surface area contributed by atoms with E-state index in [2.05, 4.69) is 11.9 Å². The number of likely N-dealkylation sites (N-methyl/N-ethyl adjacent to an activating group) is 1. The number of hydrogen-bond acceptors (Lipinski definition) is 3. The highest BCUT2D eigenvalue weighted by atomic mass is 35.5. The van der Waals surface area contributed by atoms with Crippen LogP contribution in [0.4, 0.5) is 0 Å². The summed E-state index contributed by atoms with van der Waals surface area (Å²) in [6.07, 6.45) is 0.617. The molecular formula is C14H23Cl2N3O. The first kappa shape index (κ1) is 19.2. The van der Waals surface area contributed by atoms with Gasteiger partial charge >= 0.3 is 0 Å². The second-order valence-corrected chi connectivity index (χ2v) is 4.92. The van der Waals surface area contributed by atoms with Gasteiger partial charge < -0.3 is 15.5 Å². The van der Waals surface area contributed by atoms with Crippen LogP contribution in [-0.4, -0.2) is 55.0 Å². The minimum Gasteiger partial charge on any atom is -0.339 e. The number of halogens is 2. The van der Waals surface area contributed by atoms with Crippen LogP contribution in [0.5, 0.6) is 0 Å². The van der Waals surface area contributed by atoms with E-state index in [9.17, 15) is 4.79 Å². The van der Waals surface area contributed by atoms with Crippen LogP contribution in [0.2, 0.25) is 0 Å². The Hall–Kier alpha value is -0.810. The second-order valence-electron chi connectivity index (χ2n) is 4.92. The number of carbonyl (C=O) groups excluding carboxylic acids is 1. The molecule has 0 bridgehead atoms. The summed E-state index contributed by atoms with van der Waals surface area (Å²) in [5.74, 6) is 0.0759. The third kappa shape index (κ3) is 5.29. The first-order valence-electron chi connectivity index (χ1n) is 6.43. The van der Waals surface area contributed by atoms with Gasteiger partial charge in [-0.3, -0.25) is 4.79 Å². The third-order valence-corrected chi connectivity index (χ3v) is 3.43. The maximum atomic E-state index is 12.2. The van der Waals surface area contributed by atoms with Crippen LogP contribution in [0.3, 0.4) is 0 Å². The van der Waals surface area contributed by atoms with Crippen molar-refractivity contribution >= 4 is 30.7 Å². The fourth-order valence-electron chi connectivity index (χ4n) is 2.22. The Morgan fingerprint density at radius 2 is 1.70 bits per heavy atom. The van der Waals surface area contributed by atoms with Crippen LogP contribution in [0.1, 0.15) is 5.56 Å². The van der Waals surface area contributed by atoms with Gasteiger partial charge in [-0.15, -0.1) is 24.8 Å². The highest BCUT2D eigenvalue weighted by molar-refractivity contribution is 5.85. The van der Waals surface area contributed by atoms with Gasteiger partial charge in [0.1, 0.15) is 0 Å². The Balaban J connectivity index is 0.00000180. The maximum absolute atomic E-state index is 12.2. The molecule has 1 atom stereocenters. The fourth-order valence-corrected chi connectivity index (χ4v) is 2.22. The van der Waals surface area contributed by atoms with E-state index in [0.29, 0.717) is 6.42 Å². The lowest BCUT2D eigenvalue weighted by Gasteiger charge is -2.33. The summed E-state index contributed by atoms with van der Waals surface area (Å²) in [6, 6.07) is 9.52. The minimum atomic E-state index is -0.421. The van der Waals surface area contributed by atoms with Gasteiger partial charge in [0, 0.05) is 26.2 Å². The van der Waals surface area contributed by atoms with Gasteiger partial charge in [-0.05, 0) is 19.0 Å². The van der Waals surface area contributed by atoms with Crippen molar-refractivity contribution in [2.75, 3.05) is 33.2 Å². The second kappa shape index (κ2) is 9.19. The molecule has 0 spiro atoms. The average molecular weight is 320 g/mol. The van der Waals surface area contributed by atoms with Crippen LogP contribution >= 0.6 is 24.8 Å². The Morgan fingerprint density at radius 3 is 2.25 bits per heavy atom. The molecule has 0 unspecified atom stereocenters. The Kier molecular flexibility index (Phi) is 8.81. The van der Waals surface area contributed by atoms with Crippen LogP contribution in [0, 0.1) is 0 Å². The van der Waals surface area contributed by atoms with Gasteiger partial charge in [-0.25, -0.2) is 0 Å². The lowest BCUT2D eigenvalue weighted by Crippen LogP contribution is -2.52. The zero-order valence-corrected chi connectivity index (χ0v) is 13.3. The molecule has 1 heterocycles. The van der Waals surface area contributed by atoms with E-state index in [1.807, 2.05) is 35.2 Å². The molecule has 1 aromatic rings. The number of benzene rings is 1. The highest BCUT2D eigenvalue weighted by Gasteiger charge is 2.23. The van der Waals surface area contributed by atoms with Crippen LogP contribution in [-0.2, 0) is 11.2 Å². The minimum absolute atomic E-state index is 0. The van der Waals surface area contributed by atoms with Crippen molar-refractivity contribution in [3.8, 4) is 0 Å². The molecule has 1 amide bonds. The van der Waals surface area contributed by atoms with Gasteiger partial charge in [0.2, 0.25) is 5.91 Å². The number of nitrogens with zero attached hydrogens (tertiary/aromatic N) is 2. The van der Waals surface area contributed by atoms with Gasteiger partial charge in [0.05, 0.1) is 6.04 Å². The highest BCUT2D eigenvalue weighted by Crippen LogP contribution is 2.06. The van der Waals surface area contributed by atoms with Gasteiger partial charge in [0.15, 0.2) is 0 Å². The Morgan fingerprint density at radius 1 is 1.15 bits per heavy atom. The standard InChI is InChI=1S/C14H21N3O.2ClH/c1-16-7-9-17(10-8-16)14(18)13(15)11-12-5-3-2-4-6-12;;/h2-6,13H,7-11,15H2,1H3;2*1H/t13-;;/m0../s1.